The van der Waals surface area contributed by atoms with Gasteiger partial charge >= 0.3 is 0 Å². The van der Waals surface area contributed by atoms with Gasteiger partial charge in [0.25, 0.3) is 0 Å². The van der Waals surface area contributed by atoms with Crippen LogP contribution >= 0.6 is 0 Å². The third-order valence-electron chi connectivity index (χ3n) is 5.92. The van der Waals surface area contributed by atoms with Crippen molar-refractivity contribution in [1.82, 2.24) is 30.1 Å². The van der Waals surface area contributed by atoms with E-state index in [1.54, 1.807) is 24.8 Å². The van der Waals surface area contributed by atoms with Gasteiger partial charge in [-0.1, -0.05) is 6.07 Å². The average Bonchev–Trinajstić information content (AvgIpc) is 3.42. The van der Waals surface area contributed by atoms with Crippen molar-refractivity contribution in [2.45, 2.75) is 13.8 Å². The van der Waals surface area contributed by atoms with Crippen molar-refractivity contribution in [3.8, 4) is 33.8 Å². The first-order valence-corrected chi connectivity index (χ1v) is 10.6. The lowest BCUT2D eigenvalue weighted by Gasteiger charge is -2.05. The Hall–Kier alpha value is -4.39. The number of pyridine rings is 3. The second-order valence-electron chi connectivity index (χ2n) is 8.23. The van der Waals surface area contributed by atoms with Gasteiger partial charge in [0, 0.05) is 40.5 Å². The van der Waals surface area contributed by atoms with E-state index in [-0.39, 0.29) is 5.82 Å². The second-order valence-corrected chi connectivity index (χ2v) is 8.23. The Balaban J connectivity index is 1.52. The summed E-state index contributed by atoms with van der Waals surface area (Å²) in [6, 6.07) is 11.1. The number of halogens is 1. The molecule has 7 heteroatoms. The van der Waals surface area contributed by atoms with Crippen LogP contribution in [0.2, 0.25) is 0 Å². The van der Waals surface area contributed by atoms with E-state index in [0.29, 0.717) is 0 Å². The van der Waals surface area contributed by atoms with E-state index in [2.05, 4.69) is 30.1 Å². The average molecular weight is 434 g/mol. The number of aromatic nitrogens is 6. The van der Waals surface area contributed by atoms with Crippen LogP contribution in [0.1, 0.15) is 11.1 Å². The maximum atomic E-state index is 14.1. The van der Waals surface area contributed by atoms with E-state index in [0.717, 1.165) is 66.7 Å². The molecule has 5 aromatic heterocycles. The summed E-state index contributed by atoms with van der Waals surface area (Å²) in [5.74, 6) is -0.262. The minimum absolute atomic E-state index is 0.262. The van der Waals surface area contributed by atoms with Crippen LogP contribution < -0.4 is 0 Å². The molecule has 0 unspecified atom stereocenters. The van der Waals surface area contributed by atoms with Gasteiger partial charge in [0.05, 0.1) is 34.8 Å². The quantitative estimate of drug-likeness (QED) is 0.359. The van der Waals surface area contributed by atoms with Crippen LogP contribution in [-0.2, 0) is 0 Å². The molecule has 1 aromatic carbocycles. The molecule has 0 spiro atoms. The number of rotatable bonds is 3. The van der Waals surface area contributed by atoms with Crippen molar-refractivity contribution >= 4 is 21.8 Å². The molecule has 0 atom stereocenters. The summed E-state index contributed by atoms with van der Waals surface area (Å²) < 4.78 is 14.1. The molecule has 6 aromatic rings. The number of aryl methyl sites for hydroxylation is 2. The summed E-state index contributed by atoms with van der Waals surface area (Å²) in [7, 11) is 0. The van der Waals surface area contributed by atoms with Crippen molar-refractivity contribution in [2.75, 3.05) is 0 Å². The van der Waals surface area contributed by atoms with Gasteiger partial charge in [-0.15, -0.1) is 0 Å². The number of H-pyrrole nitrogens is 2. The van der Waals surface area contributed by atoms with Gasteiger partial charge < -0.3 is 4.98 Å². The molecule has 0 radical (unpaired) electrons. The minimum Gasteiger partial charge on any atom is -0.352 e. The fourth-order valence-electron chi connectivity index (χ4n) is 4.30. The highest BCUT2D eigenvalue weighted by molar-refractivity contribution is 6.01. The molecule has 0 bridgehead atoms. The number of benzene rings is 1. The van der Waals surface area contributed by atoms with Gasteiger partial charge in [-0.05, 0) is 60.9 Å². The zero-order valence-corrected chi connectivity index (χ0v) is 18.0. The highest BCUT2D eigenvalue weighted by atomic mass is 19.1. The van der Waals surface area contributed by atoms with Crippen molar-refractivity contribution in [1.29, 1.82) is 0 Å². The lowest BCUT2D eigenvalue weighted by atomic mass is 10.0. The number of hydrogen-bond acceptors (Lipinski definition) is 4. The molecule has 6 rings (SSSR count). The standard InChI is InChI=1S/C26H19FN6/c1-14-5-16(7-17(27)6-14)21-11-29-12-24-18(21)8-23(31-24)26-19-9-22(30-13-25(19)32-33-26)20-10-28-4-3-15(20)2/h3-13,31H,1-2H3,(H,32,33). The predicted octanol–water partition coefficient (Wildman–Crippen LogP) is 5.99. The summed E-state index contributed by atoms with van der Waals surface area (Å²) in [6.45, 7) is 3.92. The first-order chi connectivity index (χ1) is 16.1. The Labute approximate surface area is 188 Å². The first kappa shape index (κ1) is 19.3. The van der Waals surface area contributed by atoms with Crippen LogP contribution in [0.15, 0.2) is 67.4 Å². The van der Waals surface area contributed by atoms with Crippen molar-refractivity contribution in [2.24, 2.45) is 0 Å². The molecule has 2 N–H and O–H groups in total. The van der Waals surface area contributed by atoms with Gasteiger partial charge in [-0.3, -0.25) is 20.1 Å². The fourth-order valence-corrected chi connectivity index (χ4v) is 4.30. The molecular formula is C26H19FN6. The first-order valence-electron chi connectivity index (χ1n) is 10.6. The van der Waals surface area contributed by atoms with Crippen LogP contribution in [0.3, 0.4) is 0 Å². The monoisotopic (exact) mass is 434 g/mol. The third kappa shape index (κ3) is 3.25. The SMILES string of the molecule is Cc1cc(F)cc(-c2cncc3[nH]c(-c4n[nH]c5cnc(-c6cnccc6C)cc45)cc23)c1. The topological polar surface area (TPSA) is 83.1 Å². The van der Waals surface area contributed by atoms with E-state index in [9.17, 15) is 4.39 Å². The molecule has 160 valence electrons. The molecule has 0 saturated heterocycles. The van der Waals surface area contributed by atoms with Crippen molar-refractivity contribution in [3.05, 3.63) is 84.3 Å². The molecule has 0 aliphatic heterocycles. The Bertz CT molecular complexity index is 1640. The number of fused-ring (bicyclic) bond motifs is 2. The zero-order chi connectivity index (χ0) is 22.5. The summed E-state index contributed by atoms with van der Waals surface area (Å²) >= 11 is 0. The van der Waals surface area contributed by atoms with Crippen LogP contribution in [-0.4, -0.2) is 30.1 Å². The third-order valence-corrected chi connectivity index (χ3v) is 5.92. The lowest BCUT2D eigenvalue weighted by molar-refractivity contribution is 0.627. The van der Waals surface area contributed by atoms with Gasteiger partial charge in [-0.2, -0.15) is 5.10 Å². The molecule has 0 saturated carbocycles. The van der Waals surface area contributed by atoms with Gasteiger partial charge in [-0.25, -0.2) is 4.39 Å². The van der Waals surface area contributed by atoms with E-state index < -0.39 is 0 Å². The Kier molecular flexibility index (Phi) is 4.29. The Morgan fingerprint density at radius 3 is 2.55 bits per heavy atom. The smallest absolute Gasteiger partial charge is 0.124 e. The van der Waals surface area contributed by atoms with Crippen LogP contribution in [0.25, 0.3) is 55.6 Å². The highest BCUT2D eigenvalue weighted by Gasteiger charge is 2.16. The number of nitrogens with zero attached hydrogens (tertiary/aromatic N) is 4. The van der Waals surface area contributed by atoms with Gasteiger partial charge in [0.1, 0.15) is 11.5 Å². The van der Waals surface area contributed by atoms with Crippen LogP contribution in [0.4, 0.5) is 4.39 Å². The molecule has 0 fully saturated rings. The predicted molar refractivity (Wildman–Crippen MR) is 127 cm³/mol. The lowest BCUT2D eigenvalue weighted by Crippen LogP contribution is -1.88. The Morgan fingerprint density at radius 1 is 0.818 bits per heavy atom. The highest BCUT2D eigenvalue weighted by Crippen LogP contribution is 2.35. The fraction of sp³-hybridized carbons (Fsp3) is 0.0769. The van der Waals surface area contributed by atoms with Crippen LogP contribution in [0.5, 0.6) is 0 Å². The Morgan fingerprint density at radius 2 is 1.70 bits per heavy atom. The molecule has 0 aliphatic rings. The maximum Gasteiger partial charge on any atom is 0.124 e. The number of aromatic amines is 2. The maximum absolute atomic E-state index is 14.1. The second kappa shape index (κ2) is 7.34. The van der Waals surface area contributed by atoms with E-state index in [1.165, 1.54) is 12.1 Å². The summed E-state index contributed by atoms with van der Waals surface area (Å²) in [6.07, 6.45) is 8.93. The van der Waals surface area contributed by atoms with E-state index in [1.807, 2.05) is 44.3 Å². The normalized spacial score (nSPS) is 11.5. The molecule has 0 aliphatic carbocycles. The zero-order valence-electron chi connectivity index (χ0n) is 18.0. The minimum atomic E-state index is -0.262. The summed E-state index contributed by atoms with van der Waals surface area (Å²) in [5, 5.41) is 9.54. The summed E-state index contributed by atoms with van der Waals surface area (Å²) in [5.41, 5.74) is 8.78. The van der Waals surface area contributed by atoms with Gasteiger partial charge in [0.15, 0.2) is 0 Å². The van der Waals surface area contributed by atoms with Crippen molar-refractivity contribution < 1.29 is 4.39 Å². The molecule has 0 amide bonds. The molecule has 5 heterocycles. The molecular weight excluding hydrogens is 415 g/mol. The number of hydrogen-bond donors (Lipinski definition) is 2. The molecule has 33 heavy (non-hydrogen) atoms. The van der Waals surface area contributed by atoms with Crippen molar-refractivity contribution in [3.63, 3.8) is 0 Å². The van der Waals surface area contributed by atoms with E-state index in [4.69, 9.17) is 0 Å². The van der Waals surface area contributed by atoms with Crippen LogP contribution in [0, 0.1) is 19.7 Å². The summed E-state index contributed by atoms with van der Waals surface area (Å²) in [4.78, 5) is 16.6. The number of nitrogens with one attached hydrogen (secondary N) is 2. The van der Waals surface area contributed by atoms with Gasteiger partial charge in [0.2, 0.25) is 0 Å². The molecule has 6 nitrogen and oxygen atoms in total. The largest absolute Gasteiger partial charge is 0.352 e. The van der Waals surface area contributed by atoms with E-state index >= 15 is 0 Å².